The summed E-state index contributed by atoms with van der Waals surface area (Å²) in [6.45, 7) is 5.10. The van der Waals surface area contributed by atoms with E-state index in [1.54, 1.807) is 6.08 Å². The van der Waals surface area contributed by atoms with Crippen molar-refractivity contribution < 1.29 is 4.79 Å². The van der Waals surface area contributed by atoms with Gasteiger partial charge in [0.25, 0.3) is 0 Å². The minimum atomic E-state index is -0.718. The second kappa shape index (κ2) is 5.73. The van der Waals surface area contributed by atoms with Crippen LogP contribution in [0.4, 0.5) is 0 Å². The van der Waals surface area contributed by atoms with Gasteiger partial charge in [-0.1, -0.05) is 41.5 Å². The lowest BCUT2D eigenvalue weighted by molar-refractivity contribution is -0.118. The topological polar surface area (TPSA) is 65.8 Å². The van der Waals surface area contributed by atoms with Gasteiger partial charge in [0.15, 0.2) is 0 Å². The Hall–Kier alpha value is -2.06. The third-order valence-electron chi connectivity index (χ3n) is 2.37. The SMILES string of the molecule is C=C[C@H](c1ccccc1)[C@H](N=[N+]=[N-])C(C)=O. The first-order chi connectivity index (χ1) is 7.70. The number of carbonyl (C=O) groups is 1. The van der Waals surface area contributed by atoms with Gasteiger partial charge in [-0.2, -0.15) is 0 Å². The van der Waals surface area contributed by atoms with Crippen molar-refractivity contribution in [1.82, 2.24) is 0 Å². The Bertz CT molecular complexity index is 419. The Kier molecular flexibility index (Phi) is 4.30. The van der Waals surface area contributed by atoms with Crippen molar-refractivity contribution in [3.8, 4) is 0 Å². The lowest BCUT2D eigenvalue weighted by Gasteiger charge is -2.17. The van der Waals surface area contributed by atoms with Crippen LogP contribution in [0.1, 0.15) is 18.4 Å². The molecule has 0 bridgehead atoms. The van der Waals surface area contributed by atoms with Crippen LogP contribution < -0.4 is 0 Å². The standard InChI is InChI=1S/C12H13N3O/c1-3-11(10-7-5-4-6-8-10)12(9(2)16)14-15-13/h3-8,11-12H,1H2,2H3/t11-,12-/m1/s1. The summed E-state index contributed by atoms with van der Waals surface area (Å²) in [5.74, 6) is -0.429. The summed E-state index contributed by atoms with van der Waals surface area (Å²) in [5.41, 5.74) is 9.37. The van der Waals surface area contributed by atoms with E-state index in [2.05, 4.69) is 16.6 Å². The molecule has 0 aromatic heterocycles. The molecule has 0 heterocycles. The maximum Gasteiger partial charge on any atom is 0.139 e. The molecule has 0 aliphatic carbocycles. The van der Waals surface area contributed by atoms with Gasteiger partial charge >= 0.3 is 0 Å². The monoisotopic (exact) mass is 215 g/mol. The van der Waals surface area contributed by atoms with Gasteiger partial charge in [-0.3, -0.25) is 4.79 Å². The largest absolute Gasteiger partial charge is 0.300 e. The van der Waals surface area contributed by atoms with E-state index in [9.17, 15) is 4.79 Å². The third kappa shape index (κ3) is 2.72. The highest BCUT2D eigenvalue weighted by molar-refractivity contribution is 5.83. The number of carbonyl (C=O) groups excluding carboxylic acids is 1. The highest BCUT2D eigenvalue weighted by Crippen LogP contribution is 2.23. The van der Waals surface area contributed by atoms with Crippen LogP contribution in [0.25, 0.3) is 10.4 Å². The lowest BCUT2D eigenvalue weighted by Crippen LogP contribution is -2.22. The Morgan fingerprint density at radius 1 is 1.50 bits per heavy atom. The Labute approximate surface area is 94.2 Å². The zero-order chi connectivity index (χ0) is 12.0. The molecule has 1 aromatic carbocycles. The van der Waals surface area contributed by atoms with Crippen molar-refractivity contribution in [3.05, 3.63) is 59.0 Å². The highest BCUT2D eigenvalue weighted by Gasteiger charge is 2.23. The molecule has 1 aromatic rings. The fraction of sp³-hybridized carbons (Fsp3) is 0.250. The van der Waals surface area contributed by atoms with Crippen molar-refractivity contribution in [1.29, 1.82) is 0 Å². The van der Waals surface area contributed by atoms with Crippen LogP contribution in [0.3, 0.4) is 0 Å². The molecule has 0 saturated heterocycles. The Balaban J connectivity index is 3.09. The number of rotatable bonds is 5. The molecule has 0 fully saturated rings. The summed E-state index contributed by atoms with van der Waals surface area (Å²) in [7, 11) is 0. The van der Waals surface area contributed by atoms with Crippen molar-refractivity contribution in [2.24, 2.45) is 5.11 Å². The van der Waals surface area contributed by atoms with E-state index in [1.807, 2.05) is 30.3 Å². The molecule has 0 unspecified atom stereocenters. The molecule has 0 aliphatic heterocycles. The van der Waals surface area contributed by atoms with Gasteiger partial charge < -0.3 is 0 Å². The molecule has 0 amide bonds. The first-order valence-electron chi connectivity index (χ1n) is 4.93. The third-order valence-corrected chi connectivity index (χ3v) is 2.37. The Morgan fingerprint density at radius 2 is 2.12 bits per heavy atom. The Morgan fingerprint density at radius 3 is 2.56 bits per heavy atom. The van der Waals surface area contributed by atoms with E-state index in [4.69, 9.17) is 5.53 Å². The smallest absolute Gasteiger partial charge is 0.139 e. The molecule has 4 nitrogen and oxygen atoms in total. The quantitative estimate of drug-likeness (QED) is 0.322. The maximum atomic E-state index is 11.4. The first-order valence-corrected chi connectivity index (χ1v) is 4.93. The second-order valence-electron chi connectivity index (χ2n) is 3.43. The molecule has 2 atom stereocenters. The van der Waals surface area contributed by atoms with Gasteiger partial charge in [-0.05, 0) is 18.0 Å². The van der Waals surface area contributed by atoms with Crippen molar-refractivity contribution >= 4 is 5.78 Å². The van der Waals surface area contributed by atoms with Crippen LogP contribution in [0.15, 0.2) is 48.1 Å². The summed E-state index contributed by atoms with van der Waals surface area (Å²) in [4.78, 5) is 14.1. The van der Waals surface area contributed by atoms with E-state index >= 15 is 0 Å². The minimum Gasteiger partial charge on any atom is -0.300 e. The molecule has 0 radical (unpaired) electrons. The number of benzene rings is 1. The van der Waals surface area contributed by atoms with Gasteiger partial charge in [0.05, 0.1) is 0 Å². The van der Waals surface area contributed by atoms with E-state index in [-0.39, 0.29) is 11.7 Å². The lowest BCUT2D eigenvalue weighted by atomic mass is 9.90. The molecule has 0 saturated carbocycles. The van der Waals surface area contributed by atoms with Gasteiger partial charge in [-0.15, -0.1) is 6.58 Å². The van der Waals surface area contributed by atoms with Crippen molar-refractivity contribution in [2.45, 2.75) is 18.9 Å². The van der Waals surface area contributed by atoms with Gasteiger partial charge in [0, 0.05) is 10.8 Å². The second-order valence-corrected chi connectivity index (χ2v) is 3.43. The van der Waals surface area contributed by atoms with Gasteiger partial charge in [-0.25, -0.2) is 0 Å². The normalized spacial score (nSPS) is 13.3. The maximum absolute atomic E-state index is 11.4. The summed E-state index contributed by atoms with van der Waals surface area (Å²) >= 11 is 0. The van der Waals surface area contributed by atoms with Crippen LogP contribution in [0.5, 0.6) is 0 Å². The van der Waals surface area contributed by atoms with Crippen molar-refractivity contribution in [2.75, 3.05) is 0 Å². The number of ketones is 1. The summed E-state index contributed by atoms with van der Waals surface area (Å²) in [5, 5.41) is 3.53. The van der Waals surface area contributed by atoms with Crippen molar-refractivity contribution in [3.63, 3.8) is 0 Å². The van der Waals surface area contributed by atoms with Gasteiger partial charge in [0.2, 0.25) is 0 Å². The average molecular weight is 215 g/mol. The molecule has 0 spiro atoms. The predicted octanol–water partition coefficient (Wildman–Crippen LogP) is 3.22. The molecular formula is C12H13N3O. The van der Waals surface area contributed by atoms with Crippen LogP contribution in [0, 0.1) is 0 Å². The number of hydrogen-bond donors (Lipinski definition) is 0. The molecule has 82 valence electrons. The average Bonchev–Trinajstić information content (AvgIpc) is 2.30. The zero-order valence-electron chi connectivity index (χ0n) is 9.08. The van der Waals surface area contributed by atoms with Gasteiger partial charge in [0.1, 0.15) is 11.8 Å². The molecule has 4 heteroatoms. The predicted molar refractivity (Wildman–Crippen MR) is 63.0 cm³/mol. The summed E-state index contributed by atoms with van der Waals surface area (Å²) < 4.78 is 0. The molecule has 16 heavy (non-hydrogen) atoms. The number of nitrogens with zero attached hydrogens (tertiary/aromatic N) is 3. The molecule has 0 N–H and O–H groups in total. The zero-order valence-corrected chi connectivity index (χ0v) is 9.08. The highest BCUT2D eigenvalue weighted by atomic mass is 16.1. The fourth-order valence-corrected chi connectivity index (χ4v) is 1.58. The van der Waals surface area contributed by atoms with Crippen LogP contribution >= 0.6 is 0 Å². The first kappa shape index (κ1) is 12.0. The van der Waals surface area contributed by atoms with Crippen LogP contribution in [-0.2, 0) is 4.79 Å². The summed E-state index contributed by atoms with van der Waals surface area (Å²) in [6, 6.07) is 8.69. The van der Waals surface area contributed by atoms with Crippen LogP contribution in [0.2, 0.25) is 0 Å². The molecular weight excluding hydrogens is 202 g/mol. The molecule has 1 rings (SSSR count). The minimum absolute atomic E-state index is 0.161. The van der Waals surface area contributed by atoms with E-state index in [0.717, 1.165) is 5.56 Å². The van der Waals surface area contributed by atoms with E-state index in [1.165, 1.54) is 6.92 Å². The number of hydrogen-bond acceptors (Lipinski definition) is 2. The number of Topliss-reactive ketones (excluding diaryl/α,β-unsaturated/α-hetero) is 1. The van der Waals surface area contributed by atoms with E-state index < -0.39 is 6.04 Å². The van der Waals surface area contributed by atoms with Crippen LogP contribution in [-0.4, -0.2) is 11.8 Å². The summed E-state index contributed by atoms with van der Waals surface area (Å²) in [6.07, 6.45) is 1.64. The van der Waals surface area contributed by atoms with E-state index in [0.29, 0.717) is 0 Å². The number of azide groups is 1. The fourth-order valence-electron chi connectivity index (χ4n) is 1.58. The molecule has 0 aliphatic rings.